The third-order valence-corrected chi connectivity index (χ3v) is 4.59. The summed E-state index contributed by atoms with van der Waals surface area (Å²) >= 11 is 0. The van der Waals surface area contributed by atoms with E-state index in [2.05, 4.69) is 24.0 Å². The quantitative estimate of drug-likeness (QED) is 0.839. The van der Waals surface area contributed by atoms with Crippen molar-refractivity contribution in [2.24, 2.45) is 5.92 Å². The van der Waals surface area contributed by atoms with Gasteiger partial charge in [-0.3, -0.25) is 4.79 Å². The number of fused-ring (bicyclic) bond motifs is 1. The maximum Gasteiger partial charge on any atom is 0.255 e. The van der Waals surface area contributed by atoms with Crippen LogP contribution in [0.3, 0.4) is 0 Å². The van der Waals surface area contributed by atoms with Gasteiger partial charge >= 0.3 is 0 Å². The van der Waals surface area contributed by atoms with Gasteiger partial charge in [0, 0.05) is 18.0 Å². The van der Waals surface area contributed by atoms with Crippen molar-refractivity contribution < 1.29 is 9.32 Å². The van der Waals surface area contributed by atoms with Crippen LogP contribution in [0.2, 0.25) is 0 Å². The van der Waals surface area contributed by atoms with Gasteiger partial charge in [-0.05, 0) is 17.5 Å². The molecule has 0 radical (unpaired) electrons. The van der Waals surface area contributed by atoms with Crippen LogP contribution in [-0.2, 0) is 6.54 Å². The molecule has 3 rings (SSSR count). The number of benzene rings is 1. The molecule has 23 heavy (non-hydrogen) atoms. The molecule has 5 heteroatoms. The monoisotopic (exact) mass is 313 g/mol. The van der Waals surface area contributed by atoms with Crippen molar-refractivity contribution in [2.45, 2.75) is 52.6 Å². The average molecular weight is 313 g/mol. The van der Waals surface area contributed by atoms with E-state index in [-0.39, 0.29) is 23.8 Å². The SMILES string of the molecule is CC[C@H](C)[C@H](c1nc(C(C)C)no1)N1Cc2ccccc2C1=O. The maximum absolute atomic E-state index is 12.8. The number of carbonyl (C=O) groups is 1. The molecule has 0 saturated carbocycles. The van der Waals surface area contributed by atoms with Crippen LogP contribution < -0.4 is 0 Å². The molecule has 0 unspecified atom stereocenters. The van der Waals surface area contributed by atoms with Crippen molar-refractivity contribution in [1.29, 1.82) is 0 Å². The van der Waals surface area contributed by atoms with Crippen LogP contribution in [0.15, 0.2) is 28.8 Å². The first-order valence-corrected chi connectivity index (χ1v) is 8.25. The average Bonchev–Trinajstić information content (AvgIpc) is 3.14. The Hall–Kier alpha value is -2.17. The Balaban J connectivity index is 1.96. The molecule has 1 aromatic carbocycles. The van der Waals surface area contributed by atoms with Crippen LogP contribution in [0, 0.1) is 5.92 Å². The second kappa shape index (κ2) is 6.14. The highest BCUT2D eigenvalue weighted by atomic mass is 16.5. The van der Waals surface area contributed by atoms with Crippen molar-refractivity contribution in [3.8, 4) is 0 Å². The van der Waals surface area contributed by atoms with Gasteiger partial charge in [0.25, 0.3) is 5.91 Å². The van der Waals surface area contributed by atoms with Crippen LogP contribution in [0.25, 0.3) is 0 Å². The number of hydrogen-bond acceptors (Lipinski definition) is 4. The number of carbonyl (C=O) groups excluding carboxylic acids is 1. The molecule has 1 aliphatic heterocycles. The van der Waals surface area contributed by atoms with E-state index in [1.54, 1.807) is 0 Å². The Morgan fingerprint density at radius 1 is 1.26 bits per heavy atom. The highest BCUT2D eigenvalue weighted by Gasteiger charge is 2.38. The first kappa shape index (κ1) is 15.7. The Bertz CT molecular complexity index is 708. The van der Waals surface area contributed by atoms with E-state index in [1.807, 2.05) is 43.0 Å². The molecular weight excluding hydrogens is 290 g/mol. The molecule has 2 aromatic rings. The predicted molar refractivity (Wildman–Crippen MR) is 86.9 cm³/mol. The summed E-state index contributed by atoms with van der Waals surface area (Å²) in [6.45, 7) is 8.90. The first-order chi connectivity index (χ1) is 11.0. The van der Waals surface area contributed by atoms with Crippen molar-refractivity contribution in [1.82, 2.24) is 15.0 Å². The highest BCUT2D eigenvalue weighted by molar-refractivity contribution is 5.98. The molecule has 2 atom stereocenters. The fourth-order valence-corrected chi connectivity index (χ4v) is 3.01. The second-order valence-corrected chi connectivity index (χ2v) is 6.57. The van der Waals surface area contributed by atoms with Crippen molar-refractivity contribution in [3.05, 3.63) is 47.1 Å². The molecule has 0 N–H and O–H groups in total. The Labute approximate surface area is 136 Å². The van der Waals surface area contributed by atoms with Gasteiger partial charge in [0.2, 0.25) is 5.89 Å². The standard InChI is InChI=1S/C18H23N3O2/c1-5-12(4)15(17-19-16(11(2)3)20-23-17)21-10-13-8-6-7-9-14(13)18(21)22/h6-9,11-12,15H,5,10H2,1-4H3/t12-,15+/m0/s1. The molecule has 1 aliphatic rings. The van der Waals surface area contributed by atoms with Gasteiger partial charge in [0.15, 0.2) is 5.82 Å². The van der Waals surface area contributed by atoms with E-state index < -0.39 is 0 Å². The molecule has 0 spiro atoms. The predicted octanol–water partition coefficient (Wildman–Crippen LogP) is 3.94. The third kappa shape index (κ3) is 2.76. The molecule has 122 valence electrons. The van der Waals surface area contributed by atoms with E-state index in [0.717, 1.165) is 17.5 Å². The Morgan fingerprint density at radius 2 is 2.00 bits per heavy atom. The summed E-state index contributed by atoms with van der Waals surface area (Å²) in [5, 5.41) is 4.07. The number of rotatable bonds is 5. The van der Waals surface area contributed by atoms with Crippen LogP contribution in [0.4, 0.5) is 0 Å². The summed E-state index contributed by atoms with van der Waals surface area (Å²) in [7, 11) is 0. The highest BCUT2D eigenvalue weighted by Crippen LogP contribution is 2.36. The minimum atomic E-state index is -0.181. The second-order valence-electron chi connectivity index (χ2n) is 6.57. The van der Waals surface area contributed by atoms with Crippen molar-refractivity contribution in [3.63, 3.8) is 0 Å². The minimum Gasteiger partial charge on any atom is -0.337 e. The fraction of sp³-hybridized carbons (Fsp3) is 0.500. The molecule has 0 bridgehead atoms. The van der Waals surface area contributed by atoms with Crippen molar-refractivity contribution in [2.75, 3.05) is 0 Å². The molecule has 1 amide bonds. The minimum absolute atomic E-state index is 0.0511. The molecule has 5 nitrogen and oxygen atoms in total. The van der Waals surface area contributed by atoms with Crippen LogP contribution in [0.5, 0.6) is 0 Å². The molecule has 2 heterocycles. The zero-order valence-corrected chi connectivity index (χ0v) is 14.1. The van der Waals surface area contributed by atoms with E-state index >= 15 is 0 Å². The number of nitrogens with zero attached hydrogens (tertiary/aromatic N) is 3. The lowest BCUT2D eigenvalue weighted by molar-refractivity contribution is 0.0578. The summed E-state index contributed by atoms with van der Waals surface area (Å²) < 4.78 is 5.52. The van der Waals surface area contributed by atoms with Gasteiger partial charge in [0.05, 0.1) is 0 Å². The van der Waals surface area contributed by atoms with Crippen LogP contribution in [-0.4, -0.2) is 20.9 Å². The van der Waals surface area contributed by atoms with E-state index in [1.165, 1.54) is 0 Å². The number of aromatic nitrogens is 2. The first-order valence-electron chi connectivity index (χ1n) is 8.25. The molecule has 0 aliphatic carbocycles. The van der Waals surface area contributed by atoms with E-state index in [9.17, 15) is 4.79 Å². The lowest BCUT2D eigenvalue weighted by Crippen LogP contribution is -2.33. The molecule has 1 aromatic heterocycles. The topological polar surface area (TPSA) is 59.2 Å². The largest absolute Gasteiger partial charge is 0.337 e. The van der Waals surface area contributed by atoms with Gasteiger partial charge in [-0.1, -0.05) is 57.5 Å². The Morgan fingerprint density at radius 3 is 2.61 bits per heavy atom. The maximum atomic E-state index is 12.8. The van der Waals surface area contributed by atoms with Gasteiger partial charge in [-0.25, -0.2) is 0 Å². The summed E-state index contributed by atoms with van der Waals surface area (Å²) in [6, 6.07) is 7.59. The van der Waals surface area contributed by atoms with Gasteiger partial charge in [-0.2, -0.15) is 4.98 Å². The number of amides is 1. The lowest BCUT2D eigenvalue weighted by atomic mass is 9.97. The van der Waals surface area contributed by atoms with Gasteiger partial charge in [0.1, 0.15) is 6.04 Å². The van der Waals surface area contributed by atoms with E-state index in [4.69, 9.17) is 4.52 Å². The van der Waals surface area contributed by atoms with Gasteiger partial charge < -0.3 is 9.42 Å². The molecule has 0 saturated heterocycles. The zero-order chi connectivity index (χ0) is 16.6. The summed E-state index contributed by atoms with van der Waals surface area (Å²) in [5.41, 5.74) is 1.85. The number of hydrogen-bond donors (Lipinski definition) is 0. The summed E-state index contributed by atoms with van der Waals surface area (Å²) in [6.07, 6.45) is 0.935. The molecular formula is C18H23N3O2. The van der Waals surface area contributed by atoms with Crippen LogP contribution >= 0.6 is 0 Å². The fourth-order valence-electron chi connectivity index (χ4n) is 3.01. The van der Waals surface area contributed by atoms with Crippen LogP contribution in [0.1, 0.15) is 73.7 Å². The van der Waals surface area contributed by atoms with E-state index in [0.29, 0.717) is 18.3 Å². The van der Waals surface area contributed by atoms with Gasteiger partial charge in [-0.15, -0.1) is 0 Å². The third-order valence-electron chi connectivity index (χ3n) is 4.59. The summed E-state index contributed by atoms with van der Waals surface area (Å²) in [5.74, 6) is 1.74. The smallest absolute Gasteiger partial charge is 0.255 e. The zero-order valence-electron chi connectivity index (χ0n) is 14.1. The summed E-state index contributed by atoms with van der Waals surface area (Å²) in [4.78, 5) is 19.2. The Kier molecular flexibility index (Phi) is 4.20. The lowest BCUT2D eigenvalue weighted by Gasteiger charge is -2.29. The molecule has 0 fully saturated rings. The normalized spacial score (nSPS) is 16.7. The van der Waals surface area contributed by atoms with Crippen molar-refractivity contribution >= 4 is 5.91 Å².